The zero-order chi connectivity index (χ0) is 18.3. The maximum atomic E-state index is 13.2. The van der Waals surface area contributed by atoms with E-state index in [1.165, 1.54) is 19.3 Å². The van der Waals surface area contributed by atoms with Gasteiger partial charge in [-0.05, 0) is 34.1 Å². The lowest BCUT2D eigenvalue weighted by atomic mass is 10.1. The molecule has 0 saturated carbocycles. The zero-order valence-corrected chi connectivity index (χ0v) is 18.5. The van der Waals surface area contributed by atoms with Crippen molar-refractivity contribution in [3.05, 3.63) is 0 Å². The van der Waals surface area contributed by atoms with Gasteiger partial charge in [0.05, 0.1) is 18.9 Å². The van der Waals surface area contributed by atoms with E-state index in [4.69, 9.17) is 17.9 Å². The Kier molecular flexibility index (Phi) is 15.7. The largest absolute Gasteiger partial charge is 0.397 e. The molecule has 24 heavy (non-hydrogen) atoms. The van der Waals surface area contributed by atoms with Crippen molar-refractivity contribution in [2.24, 2.45) is 0 Å². The van der Waals surface area contributed by atoms with Crippen LogP contribution in [0.5, 0.6) is 0 Å². The third-order valence-electron chi connectivity index (χ3n) is 3.88. The third kappa shape index (κ3) is 10.3. The second-order valence-corrected chi connectivity index (χ2v) is 10.1. The van der Waals surface area contributed by atoms with E-state index in [1.807, 2.05) is 27.7 Å². The van der Waals surface area contributed by atoms with Gasteiger partial charge in [0.15, 0.2) is 0 Å². The summed E-state index contributed by atoms with van der Waals surface area (Å²) in [4.78, 5) is 0. The van der Waals surface area contributed by atoms with E-state index < -0.39 is 16.9 Å². The molecule has 0 rings (SSSR count). The number of hydrogen-bond donors (Lipinski definition) is 0. The van der Waals surface area contributed by atoms with Crippen LogP contribution < -0.4 is 0 Å². The average Bonchev–Trinajstić information content (AvgIpc) is 2.54. The van der Waals surface area contributed by atoms with Gasteiger partial charge in [-0.1, -0.05) is 39.0 Å². The van der Waals surface area contributed by atoms with Crippen molar-refractivity contribution in [1.82, 2.24) is 0 Å². The first kappa shape index (κ1) is 24.3. The summed E-state index contributed by atoms with van der Waals surface area (Å²) in [6.07, 6.45) is 6.78. The van der Waals surface area contributed by atoms with E-state index in [2.05, 4.69) is 6.92 Å². The average molecular weight is 383 g/mol. The summed E-state index contributed by atoms with van der Waals surface area (Å²) in [5.74, 6) is 0. The van der Waals surface area contributed by atoms with Gasteiger partial charge >= 0.3 is 16.9 Å². The fourth-order valence-electron chi connectivity index (χ4n) is 2.77. The molecule has 0 saturated heterocycles. The predicted octanol–water partition coefficient (Wildman–Crippen LogP) is 5.28. The van der Waals surface area contributed by atoms with Gasteiger partial charge in [-0.3, -0.25) is 4.57 Å². The third-order valence-corrected chi connectivity index (χ3v) is 9.24. The fraction of sp³-hybridized carbons (Fsp3) is 1.00. The van der Waals surface area contributed by atoms with E-state index in [9.17, 15) is 4.57 Å². The van der Waals surface area contributed by atoms with Crippen molar-refractivity contribution in [3.8, 4) is 0 Å². The molecule has 0 radical (unpaired) electrons. The van der Waals surface area contributed by atoms with Gasteiger partial charge in [-0.2, -0.15) is 0 Å². The highest BCUT2D eigenvalue weighted by Gasteiger charge is 2.37. The van der Waals surface area contributed by atoms with Crippen LogP contribution in [0.4, 0.5) is 0 Å². The molecule has 1 atom stereocenters. The van der Waals surface area contributed by atoms with Crippen LogP contribution >= 0.6 is 7.60 Å². The van der Waals surface area contributed by atoms with Crippen LogP contribution in [0.2, 0.25) is 6.04 Å². The Morgan fingerprint density at radius 1 is 0.792 bits per heavy atom. The van der Waals surface area contributed by atoms with E-state index in [0.717, 1.165) is 19.3 Å². The lowest BCUT2D eigenvalue weighted by Gasteiger charge is -2.28. The van der Waals surface area contributed by atoms with Crippen LogP contribution in [0.3, 0.4) is 0 Å². The Morgan fingerprint density at radius 3 is 1.79 bits per heavy atom. The molecule has 146 valence electrons. The molecule has 0 heterocycles. The van der Waals surface area contributed by atoms with Crippen LogP contribution in [0.1, 0.15) is 73.1 Å². The summed E-state index contributed by atoms with van der Waals surface area (Å²) in [5, 5.41) is 0. The predicted molar refractivity (Wildman–Crippen MR) is 103 cm³/mol. The maximum absolute atomic E-state index is 13.2. The smallest absolute Gasteiger partial charge is 0.333 e. The Morgan fingerprint density at radius 2 is 1.33 bits per heavy atom. The van der Waals surface area contributed by atoms with Gasteiger partial charge in [0.2, 0.25) is 0 Å². The van der Waals surface area contributed by atoms with Crippen LogP contribution in [0, 0.1) is 0 Å². The Bertz CT molecular complexity index is 314. The number of hydrogen-bond acceptors (Lipinski definition) is 5. The molecule has 5 nitrogen and oxygen atoms in total. The molecular weight excluding hydrogens is 343 g/mol. The van der Waals surface area contributed by atoms with E-state index in [1.54, 1.807) is 0 Å². The quantitative estimate of drug-likeness (QED) is 0.195. The topological polar surface area (TPSA) is 54.0 Å². The fourth-order valence-corrected chi connectivity index (χ4v) is 7.83. The van der Waals surface area contributed by atoms with Crippen molar-refractivity contribution in [1.29, 1.82) is 0 Å². The maximum Gasteiger partial charge on any atom is 0.333 e. The normalized spacial score (nSPS) is 13.6. The molecule has 0 aromatic rings. The van der Waals surface area contributed by atoms with Gasteiger partial charge in [0.25, 0.3) is 0 Å². The van der Waals surface area contributed by atoms with Crippen molar-refractivity contribution in [2.45, 2.75) is 84.8 Å². The molecule has 0 fully saturated rings. The Hall–Kier alpha value is 0.287. The minimum Gasteiger partial charge on any atom is -0.397 e. The first-order chi connectivity index (χ1) is 11.6. The summed E-state index contributed by atoms with van der Waals surface area (Å²) < 4.78 is 36.1. The minimum absolute atomic E-state index is 0.117. The molecule has 0 aromatic carbocycles. The molecule has 0 aliphatic rings. The van der Waals surface area contributed by atoms with Gasteiger partial charge in [0, 0.05) is 19.3 Å². The highest BCUT2D eigenvalue weighted by Crippen LogP contribution is 2.56. The van der Waals surface area contributed by atoms with Gasteiger partial charge < -0.3 is 17.9 Å². The monoisotopic (exact) mass is 382 g/mol. The molecular formula is C17H39O5PSi. The molecule has 0 aliphatic heterocycles. The van der Waals surface area contributed by atoms with Crippen molar-refractivity contribution >= 4 is 16.9 Å². The molecule has 0 amide bonds. The van der Waals surface area contributed by atoms with Crippen LogP contribution in [-0.2, 0) is 22.5 Å². The molecule has 0 aromatic heterocycles. The lowest BCUT2D eigenvalue weighted by Crippen LogP contribution is -2.29. The lowest BCUT2D eigenvalue weighted by molar-refractivity contribution is 0.198. The van der Waals surface area contributed by atoms with Crippen molar-refractivity contribution in [2.75, 3.05) is 26.4 Å². The number of unbranched alkanes of at least 4 members (excludes halogenated alkanes) is 4. The van der Waals surface area contributed by atoms with Crippen molar-refractivity contribution in [3.63, 3.8) is 0 Å². The van der Waals surface area contributed by atoms with Crippen LogP contribution in [0.25, 0.3) is 0 Å². The molecule has 7 heteroatoms. The SMILES string of the molecule is CCCCCCCC(C[SiH](OCC)OCC)P(=O)(OCC)OCC. The van der Waals surface area contributed by atoms with E-state index >= 15 is 0 Å². The summed E-state index contributed by atoms with van der Waals surface area (Å²) in [6.45, 7) is 12.0. The Balaban J connectivity index is 4.91. The number of rotatable bonds is 17. The first-order valence-electron chi connectivity index (χ1n) is 9.69. The minimum atomic E-state index is -3.11. The Labute approximate surface area is 151 Å². The van der Waals surface area contributed by atoms with Gasteiger partial charge in [-0.25, -0.2) is 0 Å². The highest BCUT2D eigenvalue weighted by atomic mass is 31.2. The molecule has 0 N–H and O–H groups in total. The first-order valence-corrected chi connectivity index (χ1v) is 13.1. The second-order valence-electron chi connectivity index (χ2n) is 5.81. The standard InChI is InChI=1S/C17H39O5PSi/c1-6-11-12-13-14-15-17(16-24(21-9-4)22-10-5)23(18,19-7-2)20-8-3/h17,24H,6-16H2,1-5H3. The highest BCUT2D eigenvalue weighted by molar-refractivity contribution is 7.54. The summed E-state index contributed by atoms with van der Waals surface area (Å²) >= 11 is 0. The second kappa shape index (κ2) is 15.5. The molecule has 0 spiro atoms. The summed E-state index contributed by atoms with van der Waals surface area (Å²) in [5.41, 5.74) is -0.117. The molecule has 0 aliphatic carbocycles. The molecule has 0 bridgehead atoms. The van der Waals surface area contributed by atoms with Gasteiger partial charge in [-0.15, -0.1) is 0 Å². The van der Waals surface area contributed by atoms with Crippen molar-refractivity contribution < 1.29 is 22.5 Å². The van der Waals surface area contributed by atoms with Crippen LogP contribution in [0.15, 0.2) is 0 Å². The summed E-state index contributed by atoms with van der Waals surface area (Å²) in [6, 6.07) is 0.687. The zero-order valence-electron chi connectivity index (χ0n) is 16.4. The van der Waals surface area contributed by atoms with E-state index in [0.29, 0.717) is 32.5 Å². The van der Waals surface area contributed by atoms with Crippen LogP contribution in [-0.4, -0.2) is 41.4 Å². The van der Waals surface area contributed by atoms with Gasteiger partial charge in [0.1, 0.15) is 0 Å². The molecule has 1 unspecified atom stereocenters. The summed E-state index contributed by atoms with van der Waals surface area (Å²) in [7, 11) is -4.95. The van der Waals surface area contributed by atoms with E-state index in [-0.39, 0.29) is 5.66 Å².